The van der Waals surface area contributed by atoms with Gasteiger partial charge in [0.25, 0.3) is 0 Å². The molecular weight excluding hydrogens is 575 g/mol. The van der Waals surface area contributed by atoms with Crippen LogP contribution in [0.4, 0.5) is 11.4 Å². The van der Waals surface area contributed by atoms with Crippen LogP contribution in [-0.2, 0) is 6.54 Å². The smallest absolute Gasteiger partial charge is 0.139 e. The number of nitriles is 1. The second-order valence-corrected chi connectivity index (χ2v) is 11.3. The van der Waals surface area contributed by atoms with Crippen LogP contribution in [0.5, 0.6) is 11.5 Å². The maximum atomic E-state index is 9.87. The van der Waals surface area contributed by atoms with Gasteiger partial charge in [-0.3, -0.25) is 9.88 Å². The molecule has 0 atom stereocenters. The second kappa shape index (κ2) is 12.4. The number of piperazine rings is 1. The molecule has 0 spiro atoms. The summed E-state index contributed by atoms with van der Waals surface area (Å²) in [6.45, 7) is 7.24. The van der Waals surface area contributed by atoms with Gasteiger partial charge >= 0.3 is 0 Å². The number of aromatic nitrogens is 1. The Hall–Kier alpha value is -3.52. The minimum Gasteiger partial charge on any atom is -0.496 e. The summed E-state index contributed by atoms with van der Waals surface area (Å²) < 4.78 is 17.2. The fourth-order valence-electron chi connectivity index (χ4n) is 5.74. The van der Waals surface area contributed by atoms with E-state index in [0.29, 0.717) is 49.4 Å². The first kappa shape index (κ1) is 28.6. The molecule has 0 aliphatic carbocycles. The molecule has 2 fully saturated rings. The van der Waals surface area contributed by atoms with Crippen molar-refractivity contribution in [1.82, 2.24) is 19.9 Å². The molecule has 4 aromatic rings. The van der Waals surface area contributed by atoms with Crippen molar-refractivity contribution >= 4 is 45.5 Å². The van der Waals surface area contributed by atoms with Crippen LogP contribution in [0, 0.1) is 11.3 Å². The number of anilines is 2. The highest BCUT2D eigenvalue weighted by molar-refractivity contribution is 6.37. The second-order valence-electron chi connectivity index (χ2n) is 10.5. The predicted octanol–water partition coefficient (Wildman–Crippen LogP) is 6.56. The molecule has 0 unspecified atom stereocenters. The van der Waals surface area contributed by atoms with Gasteiger partial charge in [0, 0.05) is 68.0 Å². The number of ether oxygens (including phenoxy) is 2. The molecule has 218 valence electrons. The Morgan fingerprint density at radius 3 is 2.38 bits per heavy atom. The topological polar surface area (TPSA) is 90.0 Å². The van der Waals surface area contributed by atoms with Crippen LogP contribution in [-0.4, -0.2) is 73.4 Å². The van der Waals surface area contributed by atoms with Crippen LogP contribution in [0.3, 0.4) is 0 Å². The highest BCUT2D eigenvalue weighted by atomic mass is 35.5. The van der Waals surface area contributed by atoms with Gasteiger partial charge in [-0.25, -0.2) is 10.0 Å². The molecule has 2 aromatic heterocycles. The van der Waals surface area contributed by atoms with Crippen molar-refractivity contribution in [2.75, 3.05) is 58.8 Å². The maximum absolute atomic E-state index is 9.87. The Bertz CT molecular complexity index is 1640. The van der Waals surface area contributed by atoms with E-state index in [0.717, 1.165) is 49.6 Å². The van der Waals surface area contributed by atoms with Crippen LogP contribution in [0.25, 0.3) is 22.0 Å². The SMILES string of the molecule is COc1cc(Nc2c(C#N)cnc3cc(-c4coc(CN5CCN(N6CCCC6)CC5)c4)c(OC)cc23)c(Cl)cc1Cl. The minimum atomic E-state index is 0.359. The summed E-state index contributed by atoms with van der Waals surface area (Å²) in [5.74, 6) is 2.00. The van der Waals surface area contributed by atoms with Gasteiger partial charge in [-0.1, -0.05) is 23.2 Å². The van der Waals surface area contributed by atoms with E-state index in [-0.39, 0.29) is 0 Å². The van der Waals surface area contributed by atoms with E-state index < -0.39 is 0 Å². The van der Waals surface area contributed by atoms with Crippen LogP contribution in [0.15, 0.2) is 47.2 Å². The Labute approximate surface area is 255 Å². The number of pyridine rings is 1. The van der Waals surface area contributed by atoms with Gasteiger partial charge in [0.05, 0.1) is 59.5 Å². The molecule has 11 heteroatoms. The molecule has 0 saturated carbocycles. The lowest BCUT2D eigenvalue weighted by Gasteiger charge is -2.39. The number of halogens is 2. The molecule has 0 amide bonds. The quantitative estimate of drug-likeness (QED) is 0.239. The zero-order valence-electron chi connectivity index (χ0n) is 23.6. The largest absolute Gasteiger partial charge is 0.496 e. The summed E-state index contributed by atoms with van der Waals surface area (Å²) in [6.07, 6.45) is 5.91. The number of rotatable bonds is 8. The average Bonchev–Trinajstić information content (AvgIpc) is 3.71. The first-order valence-electron chi connectivity index (χ1n) is 14.0. The van der Waals surface area contributed by atoms with Crippen molar-refractivity contribution in [3.05, 3.63) is 64.2 Å². The molecule has 0 bridgehead atoms. The molecule has 9 nitrogen and oxygen atoms in total. The summed E-state index contributed by atoms with van der Waals surface area (Å²) >= 11 is 12.7. The maximum Gasteiger partial charge on any atom is 0.139 e. The average molecular weight is 608 g/mol. The standard InChI is InChI=1S/C31H32Cl2N6O3/c1-40-29-13-24-27(35-17-21(16-34)31(24)36-28-15-30(41-2)26(33)14-25(28)32)12-23(29)20-11-22(42-19-20)18-37-7-9-39(10-8-37)38-5-3-4-6-38/h11-15,17,19H,3-10,18H2,1-2H3,(H,35,36). The number of furan rings is 1. The van der Waals surface area contributed by atoms with Crippen molar-refractivity contribution in [3.8, 4) is 28.7 Å². The van der Waals surface area contributed by atoms with Gasteiger partial charge in [0.2, 0.25) is 0 Å². The first-order valence-corrected chi connectivity index (χ1v) is 14.7. The predicted molar refractivity (Wildman–Crippen MR) is 165 cm³/mol. The van der Waals surface area contributed by atoms with E-state index >= 15 is 0 Å². The van der Waals surface area contributed by atoms with Crippen LogP contribution >= 0.6 is 23.2 Å². The van der Waals surface area contributed by atoms with Crippen LogP contribution in [0.1, 0.15) is 24.2 Å². The third-order valence-corrected chi connectivity index (χ3v) is 8.59. The first-order chi connectivity index (χ1) is 20.5. The van der Waals surface area contributed by atoms with Crippen molar-refractivity contribution in [1.29, 1.82) is 5.26 Å². The Balaban J connectivity index is 1.26. The number of fused-ring (bicyclic) bond motifs is 1. The molecule has 0 radical (unpaired) electrons. The summed E-state index contributed by atoms with van der Waals surface area (Å²) in [4.78, 5) is 7.02. The van der Waals surface area contributed by atoms with E-state index in [1.807, 2.05) is 12.1 Å². The number of methoxy groups -OCH3 is 2. The van der Waals surface area contributed by atoms with E-state index in [4.69, 9.17) is 37.1 Å². The van der Waals surface area contributed by atoms with Gasteiger partial charge in [-0.05, 0) is 37.1 Å². The number of hydrogen-bond donors (Lipinski definition) is 1. The highest BCUT2D eigenvalue weighted by Crippen LogP contribution is 2.41. The zero-order chi connectivity index (χ0) is 29.2. The van der Waals surface area contributed by atoms with Crippen LogP contribution in [0.2, 0.25) is 10.0 Å². The van der Waals surface area contributed by atoms with Gasteiger partial charge in [0.15, 0.2) is 0 Å². The summed E-state index contributed by atoms with van der Waals surface area (Å²) in [6, 6.07) is 11.4. The molecule has 6 rings (SSSR count). The van der Waals surface area contributed by atoms with Crippen LogP contribution < -0.4 is 14.8 Å². The molecule has 2 aromatic carbocycles. The van der Waals surface area contributed by atoms with E-state index in [9.17, 15) is 5.26 Å². The lowest BCUT2D eigenvalue weighted by atomic mass is 10.0. The fraction of sp³-hybridized carbons (Fsp3) is 0.355. The fourth-order valence-corrected chi connectivity index (χ4v) is 6.24. The third-order valence-electron chi connectivity index (χ3n) is 7.99. The Morgan fingerprint density at radius 1 is 0.929 bits per heavy atom. The molecule has 2 saturated heterocycles. The van der Waals surface area contributed by atoms with Crippen molar-refractivity contribution in [2.24, 2.45) is 0 Å². The highest BCUT2D eigenvalue weighted by Gasteiger charge is 2.25. The van der Waals surface area contributed by atoms with Gasteiger partial charge in [-0.2, -0.15) is 5.26 Å². The minimum absolute atomic E-state index is 0.359. The number of benzene rings is 2. The van der Waals surface area contributed by atoms with Gasteiger partial charge in [-0.15, -0.1) is 0 Å². The normalized spacial score (nSPS) is 16.5. The molecule has 42 heavy (non-hydrogen) atoms. The summed E-state index contributed by atoms with van der Waals surface area (Å²) in [5, 5.41) is 19.7. The summed E-state index contributed by atoms with van der Waals surface area (Å²) in [7, 11) is 3.16. The molecular formula is C31H32Cl2N6O3. The number of nitrogens with one attached hydrogen (secondary N) is 1. The third kappa shape index (κ3) is 5.74. The molecule has 2 aliphatic heterocycles. The lowest BCUT2D eigenvalue weighted by molar-refractivity contribution is -0.0427. The molecule has 1 N–H and O–H groups in total. The van der Waals surface area contributed by atoms with Crippen molar-refractivity contribution in [3.63, 3.8) is 0 Å². The monoisotopic (exact) mass is 606 g/mol. The lowest BCUT2D eigenvalue weighted by Crippen LogP contribution is -2.52. The Kier molecular flexibility index (Phi) is 8.43. The molecule has 4 heterocycles. The van der Waals surface area contributed by atoms with Gasteiger partial charge < -0.3 is 19.2 Å². The Morgan fingerprint density at radius 2 is 1.67 bits per heavy atom. The number of nitrogens with zero attached hydrogens (tertiary/aromatic N) is 5. The number of hydrogen-bond acceptors (Lipinski definition) is 9. The van der Waals surface area contributed by atoms with Gasteiger partial charge in [0.1, 0.15) is 23.3 Å². The van der Waals surface area contributed by atoms with E-state index in [1.165, 1.54) is 33.0 Å². The number of hydrazine groups is 1. The van der Waals surface area contributed by atoms with Crippen molar-refractivity contribution < 1.29 is 13.9 Å². The van der Waals surface area contributed by atoms with Crippen molar-refractivity contribution in [2.45, 2.75) is 19.4 Å². The van der Waals surface area contributed by atoms with E-state index in [1.54, 1.807) is 31.7 Å². The zero-order valence-corrected chi connectivity index (χ0v) is 25.1. The van der Waals surface area contributed by atoms with E-state index in [2.05, 4.69) is 37.4 Å². The molecule has 2 aliphatic rings. The summed E-state index contributed by atoms with van der Waals surface area (Å²) in [5.41, 5.74) is 3.91.